The summed E-state index contributed by atoms with van der Waals surface area (Å²) < 4.78 is 26.1. The number of nitrogens with one attached hydrogen (secondary N) is 2. The summed E-state index contributed by atoms with van der Waals surface area (Å²) in [5, 5.41) is 6.13. The van der Waals surface area contributed by atoms with Crippen molar-refractivity contribution in [2.45, 2.75) is 20.8 Å². The molecule has 0 aliphatic carbocycles. The van der Waals surface area contributed by atoms with E-state index in [1.807, 2.05) is 20.8 Å². The van der Waals surface area contributed by atoms with E-state index < -0.39 is 11.6 Å². The molecule has 0 radical (unpaired) electrons. The molecule has 2 N–H and O–H groups in total. The van der Waals surface area contributed by atoms with Gasteiger partial charge in [-0.1, -0.05) is 20.8 Å². The Labute approximate surface area is 105 Å². The minimum Gasteiger partial charge on any atom is -0.358 e. The van der Waals surface area contributed by atoms with E-state index in [1.54, 1.807) is 0 Å². The molecule has 1 unspecified atom stereocenters. The number of hydrogen-bond donors (Lipinski definition) is 2. The lowest BCUT2D eigenvalue weighted by Gasteiger charge is -2.15. The highest BCUT2D eigenvalue weighted by Gasteiger charge is 2.12. The average Bonchev–Trinajstić information content (AvgIpc) is 2.31. The maximum atomic E-state index is 13.4. The number of anilines is 1. The largest absolute Gasteiger partial charge is 0.358 e. The minimum absolute atomic E-state index is 0.0820. The molecule has 0 fully saturated rings. The first-order valence-corrected chi connectivity index (χ1v) is 5.74. The van der Waals surface area contributed by atoms with Crippen molar-refractivity contribution < 1.29 is 8.78 Å². The van der Waals surface area contributed by atoms with E-state index in [0.717, 1.165) is 6.07 Å². The molecular weight excluding hydrogens is 236 g/mol. The Balaban J connectivity index is 2.86. The molecule has 0 spiro atoms. The van der Waals surface area contributed by atoms with E-state index in [-0.39, 0.29) is 11.6 Å². The molecule has 0 aromatic heterocycles. The summed E-state index contributed by atoms with van der Waals surface area (Å²) in [7, 11) is 0. The number of benzene rings is 1. The standard InChI is InChI=1S/C13H17F2N3/c1-8(2)9(3)13(18-16)7-17-12-5-4-10(14)6-11(12)15/h4-9,16-17H,1-3H3/b13-7-,18-16?. The summed E-state index contributed by atoms with van der Waals surface area (Å²) in [6.07, 6.45) is 1.48. The number of hydrogen-bond acceptors (Lipinski definition) is 3. The molecule has 5 heteroatoms. The van der Waals surface area contributed by atoms with E-state index in [4.69, 9.17) is 5.53 Å². The Hall–Kier alpha value is -1.78. The Morgan fingerprint density at radius 2 is 2.00 bits per heavy atom. The third kappa shape index (κ3) is 3.61. The first kappa shape index (κ1) is 14.3. The molecule has 1 aromatic rings. The van der Waals surface area contributed by atoms with Crippen LogP contribution in [0.5, 0.6) is 0 Å². The van der Waals surface area contributed by atoms with Crippen LogP contribution in [-0.4, -0.2) is 0 Å². The molecule has 0 aliphatic heterocycles. The zero-order valence-corrected chi connectivity index (χ0v) is 10.7. The summed E-state index contributed by atoms with van der Waals surface area (Å²) >= 11 is 0. The number of nitrogens with zero attached hydrogens (tertiary/aromatic N) is 1. The van der Waals surface area contributed by atoms with Gasteiger partial charge in [0.25, 0.3) is 0 Å². The molecule has 18 heavy (non-hydrogen) atoms. The van der Waals surface area contributed by atoms with E-state index in [0.29, 0.717) is 11.6 Å². The van der Waals surface area contributed by atoms with Crippen LogP contribution in [0.25, 0.3) is 0 Å². The molecule has 0 saturated carbocycles. The van der Waals surface area contributed by atoms with Gasteiger partial charge in [-0.3, -0.25) is 0 Å². The van der Waals surface area contributed by atoms with E-state index in [9.17, 15) is 8.78 Å². The monoisotopic (exact) mass is 253 g/mol. The van der Waals surface area contributed by atoms with Gasteiger partial charge >= 0.3 is 0 Å². The van der Waals surface area contributed by atoms with Crippen LogP contribution in [0.2, 0.25) is 0 Å². The molecular formula is C13H17F2N3. The molecule has 1 atom stereocenters. The third-order valence-corrected chi connectivity index (χ3v) is 2.90. The Morgan fingerprint density at radius 1 is 1.33 bits per heavy atom. The highest BCUT2D eigenvalue weighted by molar-refractivity contribution is 5.47. The molecule has 0 heterocycles. The van der Waals surface area contributed by atoms with Gasteiger partial charge in [-0.05, 0) is 18.1 Å². The summed E-state index contributed by atoms with van der Waals surface area (Å²) in [6.45, 7) is 5.97. The van der Waals surface area contributed by atoms with Crippen LogP contribution >= 0.6 is 0 Å². The molecule has 3 nitrogen and oxygen atoms in total. The normalized spacial score (nSPS) is 13.6. The van der Waals surface area contributed by atoms with Crippen molar-refractivity contribution in [3.63, 3.8) is 0 Å². The van der Waals surface area contributed by atoms with Crippen LogP contribution in [0.4, 0.5) is 14.5 Å². The smallest absolute Gasteiger partial charge is 0.149 e. The van der Waals surface area contributed by atoms with Crippen molar-refractivity contribution in [3.8, 4) is 0 Å². The zero-order valence-electron chi connectivity index (χ0n) is 10.7. The van der Waals surface area contributed by atoms with Gasteiger partial charge < -0.3 is 5.32 Å². The maximum absolute atomic E-state index is 13.4. The Bertz CT molecular complexity index is 456. The predicted molar refractivity (Wildman–Crippen MR) is 67.2 cm³/mol. The molecule has 1 aromatic carbocycles. The van der Waals surface area contributed by atoms with Gasteiger partial charge in [-0.25, -0.2) is 14.3 Å². The Morgan fingerprint density at radius 3 is 2.50 bits per heavy atom. The van der Waals surface area contributed by atoms with Crippen LogP contribution in [0.1, 0.15) is 20.8 Å². The van der Waals surface area contributed by atoms with Crippen LogP contribution in [-0.2, 0) is 0 Å². The molecule has 0 bridgehead atoms. The van der Waals surface area contributed by atoms with Gasteiger partial charge in [0.05, 0.1) is 11.4 Å². The first-order valence-electron chi connectivity index (χ1n) is 5.74. The predicted octanol–water partition coefficient (Wildman–Crippen LogP) is 4.54. The van der Waals surface area contributed by atoms with Gasteiger partial charge in [0.1, 0.15) is 11.6 Å². The van der Waals surface area contributed by atoms with Crippen molar-refractivity contribution in [2.75, 3.05) is 5.32 Å². The van der Waals surface area contributed by atoms with Crippen molar-refractivity contribution in [1.29, 1.82) is 5.53 Å². The summed E-state index contributed by atoms with van der Waals surface area (Å²) in [6, 6.07) is 3.28. The fraction of sp³-hybridized carbons (Fsp3) is 0.385. The van der Waals surface area contributed by atoms with Gasteiger partial charge in [0.15, 0.2) is 0 Å². The van der Waals surface area contributed by atoms with Crippen molar-refractivity contribution in [1.82, 2.24) is 0 Å². The summed E-state index contributed by atoms with van der Waals surface area (Å²) in [5.41, 5.74) is 7.78. The van der Waals surface area contributed by atoms with Gasteiger partial charge in [0.2, 0.25) is 0 Å². The lowest BCUT2D eigenvalue weighted by atomic mass is 9.95. The van der Waals surface area contributed by atoms with E-state index >= 15 is 0 Å². The topological polar surface area (TPSA) is 48.2 Å². The molecule has 0 amide bonds. The zero-order chi connectivity index (χ0) is 13.7. The lowest BCUT2D eigenvalue weighted by molar-refractivity contribution is 0.470. The first-order chi connectivity index (χ1) is 8.45. The highest BCUT2D eigenvalue weighted by atomic mass is 19.1. The molecule has 98 valence electrons. The Kier molecular flexibility index (Phi) is 4.95. The van der Waals surface area contributed by atoms with Crippen LogP contribution in [0.15, 0.2) is 35.2 Å². The van der Waals surface area contributed by atoms with Crippen molar-refractivity contribution in [2.24, 2.45) is 17.0 Å². The summed E-state index contributed by atoms with van der Waals surface area (Å²) in [5.74, 6) is -0.889. The van der Waals surface area contributed by atoms with E-state index in [1.165, 1.54) is 18.3 Å². The second-order valence-electron chi connectivity index (χ2n) is 4.48. The molecule has 0 saturated heterocycles. The van der Waals surface area contributed by atoms with Crippen molar-refractivity contribution >= 4 is 5.69 Å². The fourth-order valence-electron chi connectivity index (χ4n) is 1.37. The average molecular weight is 253 g/mol. The van der Waals surface area contributed by atoms with Crippen LogP contribution in [0, 0.1) is 29.0 Å². The van der Waals surface area contributed by atoms with Crippen molar-refractivity contribution in [3.05, 3.63) is 41.7 Å². The van der Waals surface area contributed by atoms with Gasteiger partial charge in [0, 0.05) is 18.2 Å². The molecule has 0 aliphatic rings. The molecule has 1 rings (SSSR count). The number of halogens is 2. The second kappa shape index (κ2) is 6.23. The van der Waals surface area contributed by atoms with Crippen LogP contribution < -0.4 is 5.32 Å². The third-order valence-electron chi connectivity index (χ3n) is 2.90. The van der Waals surface area contributed by atoms with Gasteiger partial charge in [-0.15, -0.1) is 0 Å². The van der Waals surface area contributed by atoms with Gasteiger partial charge in [-0.2, -0.15) is 5.11 Å². The number of rotatable bonds is 5. The SMILES string of the molecule is CC(C)C(C)/C(=C/Nc1ccc(F)cc1F)N=N. The lowest BCUT2D eigenvalue weighted by Crippen LogP contribution is -2.07. The minimum atomic E-state index is -0.673. The maximum Gasteiger partial charge on any atom is 0.149 e. The highest BCUT2D eigenvalue weighted by Crippen LogP contribution is 2.22. The number of allylic oxidation sites excluding steroid dienone is 1. The fourth-order valence-corrected chi connectivity index (χ4v) is 1.37. The second-order valence-corrected chi connectivity index (χ2v) is 4.48. The quantitative estimate of drug-likeness (QED) is 0.743. The van der Waals surface area contributed by atoms with Crippen LogP contribution in [0.3, 0.4) is 0 Å². The summed E-state index contributed by atoms with van der Waals surface area (Å²) in [4.78, 5) is 0. The van der Waals surface area contributed by atoms with E-state index in [2.05, 4.69) is 10.4 Å².